The van der Waals surface area contributed by atoms with Gasteiger partial charge in [-0.15, -0.1) is 0 Å². The van der Waals surface area contributed by atoms with Crippen LogP contribution in [0.2, 0.25) is 0 Å². The predicted octanol–water partition coefficient (Wildman–Crippen LogP) is 3.79. The fourth-order valence-electron chi connectivity index (χ4n) is 2.84. The number of fused-ring (bicyclic) bond motifs is 1. The Bertz CT molecular complexity index is 743. The monoisotopic (exact) mass is 291 g/mol. The van der Waals surface area contributed by atoms with Crippen molar-refractivity contribution in [2.24, 2.45) is 0 Å². The van der Waals surface area contributed by atoms with E-state index < -0.39 is 0 Å². The zero-order valence-electron chi connectivity index (χ0n) is 12.3. The van der Waals surface area contributed by atoms with Crippen LogP contribution < -0.4 is 0 Å². The van der Waals surface area contributed by atoms with Gasteiger partial charge in [0.05, 0.1) is 17.2 Å². The summed E-state index contributed by atoms with van der Waals surface area (Å²) in [5.74, 6) is -0.332. The van der Waals surface area contributed by atoms with Crippen LogP contribution in [0.25, 0.3) is 0 Å². The van der Waals surface area contributed by atoms with Crippen LogP contribution in [-0.4, -0.2) is 5.97 Å². The summed E-state index contributed by atoms with van der Waals surface area (Å²) < 4.78 is 5.36. The minimum absolute atomic E-state index is 0.125. The second kappa shape index (κ2) is 6.44. The molecule has 3 rings (SSSR count). The molecule has 0 aromatic heterocycles. The van der Waals surface area contributed by atoms with Gasteiger partial charge in [-0.1, -0.05) is 24.3 Å². The second-order valence-corrected chi connectivity index (χ2v) is 5.54. The van der Waals surface area contributed by atoms with Crippen molar-refractivity contribution in [1.29, 1.82) is 5.26 Å². The van der Waals surface area contributed by atoms with Crippen LogP contribution in [0.4, 0.5) is 0 Å². The van der Waals surface area contributed by atoms with E-state index in [2.05, 4.69) is 6.07 Å². The molecule has 0 fully saturated rings. The molecule has 0 atom stereocenters. The van der Waals surface area contributed by atoms with Crippen molar-refractivity contribution in [2.75, 3.05) is 0 Å². The fraction of sp³-hybridized carbons (Fsp3) is 0.263. The van der Waals surface area contributed by atoms with Crippen molar-refractivity contribution in [2.45, 2.75) is 32.3 Å². The van der Waals surface area contributed by atoms with E-state index in [1.54, 1.807) is 18.2 Å². The number of carbonyl (C=O) groups excluding carboxylic acids is 1. The van der Waals surface area contributed by atoms with Crippen molar-refractivity contribution in [3.63, 3.8) is 0 Å². The molecule has 0 saturated carbocycles. The third kappa shape index (κ3) is 3.01. The number of nitrogens with zero attached hydrogens (tertiary/aromatic N) is 1. The second-order valence-electron chi connectivity index (χ2n) is 5.54. The molecule has 3 heteroatoms. The minimum atomic E-state index is -0.332. The maximum atomic E-state index is 12.2. The highest BCUT2D eigenvalue weighted by atomic mass is 16.5. The third-order valence-corrected chi connectivity index (χ3v) is 4.08. The molecule has 2 aromatic rings. The van der Waals surface area contributed by atoms with Crippen LogP contribution in [0.1, 0.15) is 45.5 Å². The SMILES string of the molecule is N#Cc1ccccc1COC(=O)c1ccc2c(c1)CCCC2. The molecule has 1 aliphatic rings. The van der Waals surface area contributed by atoms with Crippen molar-refractivity contribution < 1.29 is 9.53 Å². The van der Waals surface area contributed by atoms with E-state index in [1.165, 1.54) is 24.0 Å². The summed E-state index contributed by atoms with van der Waals surface area (Å²) in [7, 11) is 0. The summed E-state index contributed by atoms with van der Waals surface area (Å²) in [4.78, 5) is 12.2. The highest BCUT2D eigenvalue weighted by molar-refractivity contribution is 5.89. The van der Waals surface area contributed by atoms with Crippen LogP contribution in [-0.2, 0) is 24.2 Å². The topological polar surface area (TPSA) is 50.1 Å². The molecule has 0 N–H and O–H groups in total. The summed E-state index contributed by atoms with van der Waals surface area (Å²) in [6, 6.07) is 15.1. The number of benzene rings is 2. The van der Waals surface area contributed by atoms with E-state index >= 15 is 0 Å². The number of aryl methyl sites for hydroxylation is 2. The molecule has 0 saturated heterocycles. The molecule has 2 aromatic carbocycles. The molecule has 22 heavy (non-hydrogen) atoms. The van der Waals surface area contributed by atoms with Gasteiger partial charge in [0.25, 0.3) is 0 Å². The average Bonchev–Trinajstić information content (AvgIpc) is 2.59. The van der Waals surface area contributed by atoms with Crippen LogP contribution >= 0.6 is 0 Å². The van der Waals surface area contributed by atoms with Gasteiger partial charge in [-0.05, 0) is 55.0 Å². The molecular formula is C19H17NO2. The highest BCUT2D eigenvalue weighted by Gasteiger charge is 2.14. The molecule has 0 heterocycles. The summed E-state index contributed by atoms with van der Waals surface area (Å²) in [5, 5.41) is 9.04. The number of esters is 1. The van der Waals surface area contributed by atoms with Crippen molar-refractivity contribution in [1.82, 2.24) is 0 Å². The van der Waals surface area contributed by atoms with E-state index in [9.17, 15) is 4.79 Å². The zero-order chi connectivity index (χ0) is 15.4. The maximum Gasteiger partial charge on any atom is 0.338 e. The first-order valence-electron chi connectivity index (χ1n) is 7.55. The molecule has 0 unspecified atom stereocenters. The first-order valence-corrected chi connectivity index (χ1v) is 7.55. The smallest absolute Gasteiger partial charge is 0.338 e. The number of hydrogen-bond donors (Lipinski definition) is 0. The fourth-order valence-corrected chi connectivity index (χ4v) is 2.84. The number of rotatable bonds is 3. The lowest BCUT2D eigenvalue weighted by Crippen LogP contribution is -2.09. The van der Waals surface area contributed by atoms with Crippen molar-refractivity contribution >= 4 is 5.97 Å². The number of hydrogen-bond acceptors (Lipinski definition) is 3. The molecule has 0 amide bonds. The molecule has 3 nitrogen and oxygen atoms in total. The summed E-state index contributed by atoms with van der Waals surface area (Å²) in [6.07, 6.45) is 4.54. The quantitative estimate of drug-likeness (QED) is 0.808. The third-order valence-electron chi connectivity index (χ3n) is 4.08. The van der Waals surface area contributed by atoms with Gasteiger partial charge in [-0.25, -0.2) is 4.79 Å². The van der Waals surface area contributed by atoms with Gasteiger partial charge < -0.3 is 4.74 Å². The standard InChI is InChI=1S/C19H17NO2/c20-12-17-7-3-4-8-18(17)13-22-19(21)16-10-9-14-5-1-2-6-15(14)11-16/h3-4,7-11H,1-2,5-6,13H2. The van der Waals surface area contributed by atoms with E-state index in [-0.39, 0.29) is 12.6 Å². The van der Waals surface area contributed by atoms with Gasteiger partial charge in [0, 0.05) is 5.56 Å². The van der Waals surface area contributed by atoms with Crippen molar-refractivity contribution in [3.8, 4) is 6.07 Å². The van der Waals surface area contributed by atoms with Gasteiger partial charge >= 0.3 is 5.97 Å². The summed E-state index contributed by atoms with van der Waals surface area (Å²) in [5.41, 5.74) is 4.47. The van der Waals surface area contributed by atoms with Crippen molar-refractivity contribution in [3.05, 3.63) is 70.3 Å². The Balaban J connectivity index is 1.71. The normalized spacial score (nSPS) is 13.0. The van der Waals surface area contributed by atoms with Gasteiger partial charge in [0.1, 0.15) is 6.61 Å². The van der Waals surface area contributed by atoms with Crippen LogP contribution in [0.15, 0.2) is 42.5 Å². The molecular weight excluding hydrogens is 274 g/mol. The Morgan fingerprint density at radius 1 is 1.09 bits per heavy atom. The van der Waals surface area contributed by atoms with Crippen LogP contribution in [0.3, 0.4) is 0 Å². The molecule has 0 aliphatic heterocycles. The lowest BCUT2D eigenvalue weighted by atomic mass is 9.90. The van der Waals surface area contributed by atoms with E-state index in [0.717, 1.165) is 18.4 Å². The van der Waals surface area contributed by atoms with E-state index in [0.29, 0.717) is 11.1 Å². The summed E-state index contributed by atoms with van der Waals surface area (Å²) >= 11 is 0. The molecule has 0 bridgehead atoms. The average molecular weight is 291 g/mol. The molecule has 0 spiro atoms. The first kappa shape index (κ1) is 14.3. The molecule has 110 valence electrons. The minimum Gasteiger partial charge on any atom is -0.457 e. The van der Waals surface area contributed by atoms with Gasteiger partial charge in [-0.2, -0.15) is 5.26 Å². The Labute approximate surface area is 130 Å². The van der Waals surface area contributed by atoms with Gasteiger partial charge in [-0.3, -0.25) is 0 Å². The molecule has 0 radical (unpaired) electrons. The zero-order valence-corrected chi connectivity index (χ0v) is 12.3. The van der Waals surface area contributed by atoms with Crippen LogP contribution in [0.5, 0.6) is 0 Å². The summed E-state index contributed by atoms with van der Waals surface area (Å²) in [6.45, 7) is 0.125. The van der Waals surface area contributed by atoms with Crippen LogP contribution in [0, 0.1) is 11.3 Å². The Morgan fingerprint density at radius 3 is 2.68 bits per heavy atom. The van der Waals surface area contributed by atoms with Gasteiger partial charge in [0.15, 0.2) is 0 Å². The predicted molar refractivity (Wildman–Crippen MR) is 83.4 cm³/mol. The Kier molecular flexibility index (Phi) is 4.20. The Hall–Kier alpha value is -2.60. The number of nitriles is 1. The highest BCUT2D eigenvalue weighted by Crippen LogP contribution is 2.22. The largest absolute Gasteiger partial charge is 0.457 e. The number of carbonyl (C=O) groups is 1. The number of ether oxygens (including phenoxy) is 1. The first-order chi connectivity index (χ1) is 10.8. The Morgan fingerprint density at radius 2 is 1.86 bits per heavy atom. The lowest BCUT2D eigenvalue weighted by Gasteiger charge is -2.16. The lowest BCUT2D eigenvalue weighted by molar-refractivity contribution is 0.0472. The maximum absolute atomic E-state index is 12.2. The van der Waals surface area contributed by atoms with E-state index in [1.807, 2.05) is 24.3 Å². The van der Waals surface area contributed by atoms with Gasteiger partial charge in [0.2, 0.25) is 0 Å². The molecule has 1 aliphatic carbocycles. The van der Waals surface area contributed by atoms with E-state index in [4.69, 9.17) is 10.00 Å².